The second-order valence-electron chi connectivity index (χ2n) is 4.29. The van der Waals surface area contributed by atoms with Crippen molar-refractivity contribution in [3.63, 3.8) is 0 Å². The Morgan fingerprint density at radius 1 is 1.16 bits per heavy atom. The van der Waals surface area contributed by atoms with Gasteiger partial charge < -0.3 is 0 Å². The van der Waals surface area contributed by atoms with E-state index in [2.05, 4.69) is 5.10 Å². The van der Waals surface area contributed by atoms with E-state index in [1.165, 1.54) is 0 Å². The van der Waals surface area contributed by atoms with E-state index >= 15 is 0 Å². The van der Waals surface area contributed by atoms with Gasteiger partial charge in [0, 0.05) is 18.3 Å². The second kappa shape index (κ2) is 6.11. The molecule has 0 spiro atoms. The van der Waals surface area contributed by atoms with Gasteiger partial charge in [0.2, 0.25) is 6.17 Å². The highest BCUT2D eigenvalue weighted by Crippen LogP contribution is 2.42. The predicted octanol–water partition coefficient (Wildman–Crippen LogP) is 3.81. The first kappa shape index (κ1) is 16.3. The van der Waals surface area contributed by atoms with Crippen LogP contribution in [0.4, 0.5) is 22.0 Å². The first-order valence-electron chi connectivity index (χ1n) is 5.91. The summed E-state index contributed by atoms with van der Waals surface area (Å²) in [5.41, 5.74) is 0. The van der Waals surface area contributed by atoms with E-state index in [-0.39, 0.29) is 11.0 Å². The van der Waals surface area contributed by atoms with Gasteiger partial charge in [-0.15, -0.1) is 0 Å². The minimum atomic E-state index is -5.67. The van der Waals surface area contributed by atoms with Crippen molar-refractivity contribution in [2.75, 3.05) is 6.54 Å². The molecule has 19 heavy (non-hydrogen) atoms. The van der Waals surface area contributed by atoms with E-state index in [9.17, 15) is 22.0 Å². The molecule has 0 amide bonds. The molecule has 0 aromatic heterocycles. The highest BCUT2D eigenvalue weighted by molar-refractivity contribution is 6.19. The zero-order valence-corrected chi connectivity index (χ0v) is 11.1. The van der Waals surface area contributed by atoms with Gasteiger partial charge in [-0.3, -0.25) is 5.01 Å². The molecule has 1 aliphatic heterocycles. The number of unbranched alkanes of at least 4 members (excludes halogenated alkanes) is 3. The lowest BCUT2D eigenvalue weighted by atomic mass is 10.2. The molecule has 0 aromatic carbocycles. The summed E-state index contributed by atoms with van der Waals surface area (Å²) < 4.78 is 64.0. The van der Waals surface area contributed by atoms with Crippen molar-refractivity contribution in [1.82, 2.24) is 9.43 Å². The molecule has 0 aromatic rings. The molecule has 0 N–H and O–H groups in total. The summed E-state index contributed by atoms with van der Waals surface area (Å²) in [5.74, 6) is -4.95. The van der Waals surface area contributed by atoms with Crippen molar-refractivity contribution < 1.29 is 22.0 Å². The molecule has 1 unspecified atom stereocenters. The Kier molecular flexibility index (Phi) is 5.23. The third kappa shape index (κ3) is 3.61. The Bertz CT molecular complexity index is 321. The van der Waals surface area contributed by atoms with Gasteiger partial charge in [-0.2, -0.15) is 27.1 Å². The summed E-state index contributed by atoms with van der Waals surface area (Å²) in [7, 11) is 0. The van der Waals surface area contributed by atoms with Crippen molar-refractivity contribution in [3.05, 3.63) is 0 Å². The lowest BCUT2D eigenvalue weighted by Gasteiger charge is -2.33. The van der Waals surface area contributed by atoms with Crippen LogP contribution in [0.3, 0.4) is 0 Å². The molecule has 1 rings (SSSR count). The third-order valence-electron chi connectivity index (χ3n) is 2.77. The molecule has 112 valence electrons. The third-order valence-corrected chi connectivity index (χ3v) is 3.04. The van der Waals surface area contributed by atoms with Crippen LogP contribution >= 0.6 is 11.8 Å². The van der Waals surface area contributed by atoms with Gasteiger partial charge in [0.05, 0.1) is 0 Å². The molecule has 3 nitrogen and oxygen atoms in total. The van der Waals surface area contributed by atoms with E-state index in [1.54, 1.807) is 0 Å². The highest BCUT2D eigenvalue weighted by Gasteiger charge is 2.66. The largest absolute Gasteiger partial charge is 0.457 e. The molecule has 1 aliphatic rings. The molecule has 0 saturated carbocycles. The van der Waals surface area contributed by atoms with E-state index in [0.29, 0.717) is 11.4 Å². The van der Waals surface area contributed by atoms with Crippen molar-refractivity contribution >= 4 is 18.1 Å². The van der Waals surface area contributed by atoms with Gasteiger partial charge in [-0.1, -0.05) is 26.2 Å². The lowest BCUT2D eigenvalue weighted by molar-refractivity contribution is -0.310. The number of nitrogens with zero attached hydrogens (tertiary/aromatic N) is 3. The van der Waals surface area contributed by atoms with Crippen LogP contribution in [0.15, 0.2) is 5.10 Å². The van der Waals surface area contributed by atoms with Crippen molar-refractivity contribution in [2.45, 2.75) is 50.9 Å². The summed E-state index contributed by atoms with van der Waals surface area (Å²) in [5, 5.41) is 4.19. The van der Waals surface area contributed by atoms with Crippen LogP contribution in [-0.4, -0.2) is 40.6 Å². The van der Waals surface area contributed by atoms with Gasteiger partial charge in [0.25, 0.3) is 0 Å². The van der Waals surface area contributed by atoms with Crippen LogP contribution in [-0.2, 0) is 0 Å². The van der Waals surface area contributed by atoms with Crippen LogP contribution in [0.2, 0.25) is 0 Å². The maximum Gasteiger partial charge on any atom is 0.457 e. The second-order valence-corrected chi connectivity index (χ2v) is 4.68. The minimum absolute atomic E-state index is 0.00998. The van der Waals surface area contributed by atoms with Crippen LogP contribution in [0.5, 0.6) is 0 Å². The monoisotopic (exact) mass is 307 g/mol. The van der Waals surface area contributed by atoms with Gasteiger partial charge >= 0.3 is 12.1 Å². The van der Waals surface area contributed by atoms with Gasteiger partial charge in [0.1, 0.15) is 6.34 Å². The SMILES string of the molecule is CCCCCCN1N=CN(Cl)C1C(F)(F)C(F)(F)F. The average Bonchev–Trinajstić information content (AvgIpc) is 2.65. The number of hydrogen-bond acceptors (Lipinski definition) is 3. The fourth-order valence-corrected chi connectivity index (χ4v) is 2.00. The summed E-state index contributed by atoms with van der Waals surface area (Å²) in [4.78, 5) is 0. The molecule has 0 fully saturated rings. The molecular weight excluding hydrogens is 293 g/mol. The summed E-state index contributed by atoms with van der Waals surface area (Å²) >= 11 is 5.37. The first-order chi connectivity index (χ1) is 8.71. The van der Waals surface area contributed by atoms with Crippen LogP contribution in [0, 0.1) is 0 Å². The Morgan fingerprint density at radius 2 is 1.79 bits per heavy atom. The quantitative estimate of drug-likeness (QED) is 0.422. The minimum Gasteiger partial charge on any atom is -0.265 e. The smallest absolute Gasteiger partial charge is 0.265 e. The Morgan fingerprint density at radius 3 is 2.32 bits per heavy atom. The zero-order valence-electron chi connectivity index (χ0n) is 10.3. The van der Waals surface area contributed by atoms with Crippen molar-refractivity contribution in [3.8, 4) is 0 Å². The van der Waals surface area contributed by atoms with E-state index in [0.717, 1.165) is 25.6 Å². The maximum atomic E-state index is 13.3. The molecule has 1 heterocycles. The van der Waals surface area contributed by atoms with Crippen molar-refractivity contribution in [2.24, 2.45) is 5.10 Å². The van der Waals surface area contributed by atoms with E-state index < -0.39 is 18.3 Å². The number of rotatable bonds is 6. The number of alkyl halides is 5. The molecule has 0 radical (unpaired) electrons. The molecule has 0 bridgehead atoms. The van der Waals surface area contributed by atoms with Gasteiger partial charge in [-0.05, 0) is 6.42 Å². The topological polar surface area (TPSA) is 18.8 Å². The highest BCUT2D eigenvalue weighted by atomic mass is 35.5. The maximum absolute atomic E-state index is 13.3. The zero-order chi connectivity index (χ0) is 14.7. The Balaban J connectivity index is 2.69. The van der Waals surface area contributed by atoms with Crippen LogP contribution < -0.4 is 0 Å². The lowest BCUT2D eigenvalue weighted by Crippen LogP contribution is -2.57. The van der Waals surface area contributed by atoms with Crippen LogP contribution in [0.1, 0.15) is 32.6 Å². The Hall–Kier alpha value is -0.790. The van der Waals surface area contributed by atoms with Gasteiger partial charge in [-0.25, -0.2) is 4.42 Å². The van der Waals surface area contributed by atoms with E-state index in [1.807, 2.05) is 6.92 Å². The van der Waals surface area contributed by atoms with Crippen molar-refractivity contribution in [1.29, 1.82) is 0 Å². The molecule has 1 atom stereocenters. The average molecular weight is 308 g/mol. The van der Waals surface area contributed by atoms with E-state index in [4.69, 9.17) is 11.8 Å². The fraction of sp³-hybridized carbons (Fsp3) is 0.900. The molecular formula is C10H15ClF5N3. The molecule has 0 aliphatic carbocycles. The Labute approximate surface area is 113 Å². The first-order valence-corrected chi connectivity index (χ1v) is 6.25. The number of halogens is 6. The molecule has 9 heteroatoms. The standard InChI is InChI=1S/C10H15ClF5N3/c1-2-3-4-5-6-19-8(18(11)7-17-19)9(12,13)10(14,15)16/h7-8H,2-6H2,1H3. The number of hydrogen-bond donors (Lipinski definition) is 0. The summed E-state index contributed by atoms with van der Waals surface area (Å²) in [6.07, 6.45) is -4.16. The van der Waals surface area contributed by atoms with Crippen LogP contribution in [0.25, 0.3) is 0 Å². The summed E-state index contributed by atoms with van der Waals surface area (Å²) in [6, 6.07) is 0. The predicted molar refractivity (Wildman–Crippen MR) is 61.8 cm³/mol. The summed E-state index contributed by atoms with van der Waals surface area (Å²) in [6.45, 7) is 1.98. The number of hydrazone groups is 1. The normalized spacial score (nSPS) is 20.5. The molecule has 0 saturated heterocycles. The van der Waals surface area contributed by atoms with Gasteiger partial charge in [0.15, 0.2) is 0 Å². The fourth-order valence-electron chi connectivity index (χ4n) is 1.74.